The third-order valence-electron chi connectivity index (χ3n) is 5.64. The summed E-state index contributed by atoms with van der Waals surface area (Å²) in [6, 6.07) is 13.7. The van der Waals surface area contributed by atoms with Crippen molar-refractivity contribution in [3.63, 3.8) is 0 Å². The van der Waals surface area contributed by atoms with Gasteiger partial charge in [0.25, 0.3) is 6.33 Å². The molecule has 3 aromatic rings. The van der Waals surface area contributed by atoms with E-state index < -0.39 is 0 Å². The largest absolute Gasteiger partial charge is 1.00 e. The molecule has 0 aliphatic rings. The van der Waals surface area contributed by atoms with Crippen molar-refractivity contribution in [1.29, 1.82) is 0 Å². The van der Waals surface area contributed by atoms with Crippen LogP contribution in [0.1, 0.15) is 75.6 Å². The molecule has 0 aliphatic heterocycles. The van der Waals surface area contributed by atoms with Crippen LogP contribution >= 0.6 is 0 Å². The number of para-hydroxylation sites is 2. The van der Waals surface area contributed by atoms with Crippen LogP contribution in [0.4, 0.5) is 0 Å². The van der Waals surface area contributed by atoms with Crippen LogP contribution < -0.4 is 29.4 Å². The van der Waals surface area contributed by atoms with Crippen molar-refractivity contribution < 1.29 is 46.4 Å². The normalized spacial score (nSPS) is 10.1. The molecule has 0 saturated carbocycles. The summed E-state index contributed by atoms with van der Waals surface area (Å²) >= 11 is 0. The molecule has 0 N–H and O–H groups in total. The quantitative estimate of drug-likeness (QED) is 0.271. The average molecular weight is 524 g/mol. The van der Waals surface area contributed by atoms with Crippen LogP contribution in [0.5, 0.6) is 0 Å². The molecule has 0 bridgehead atoms. The fourth-order valence-corrected chi connectivity index (χ4v) is 4.46. The Kier molecular flexibility index (Phi) is 15.0. The Hall–Kier alpha value is -1.25. The SMILES string of the molecule is CCCc1cccc(CCC)c1-n1cc[n+](-c2c(CCC)cccc2CCC)c1.[Cl-].[Cl-].[Cu+]. The number of nitrogens with zero attached hydrogens (tertiary/aromatic N) is 2. The average Bonchev–Trinajstić information content (AvgIpc) is 3.19. The van der Waals surface area contributed by atoms with Gasteiger partial charge in [-0.2, -0.15) is 0 Å². The van der Waals surface area contributed by atoms with Crippen molar-refractivity contribution >= 4 is 0 Å². The van der Waals surface area contributed by atoms with Crippen LogP contribution in [0.2, 0.25) is 0 Å². The standard InChI is InChI=1S/C27H37N2.2ClH.Cu/c1-5-11-22-15-9-16-23(12-6-2)26(22)28-19-20-29(21-28)27-24(13-7-3)17-10-18-25(27)14-8-4;;;/h9-10,15-21H,5-8,11-14H2,1-4H3;2*1H;/q+1;;;+1/p-2. The number of rotatable bonds is 10. The van der Waals surface area contributed by atoms with Gasteiger partial charge in [-0.25, -0.2) is 9.13 Å². The maximum absolute atomic E-state index is 2.36. The Morgan fingerprint density at radius 1 is 0.656 bits per heavy atom. The van der Waals surface area contributed by atoms with Crippen LogP contribution in [-0.4, -0.2) is 4.57 Å². The molecule has 0 unspecified atom stereocenters. The van der Waals surface area contributed by atoms with Crippen LogP contribution in [0.3, 0.4) is 0 Å². The van der Waals surface area contributed by atoms with E-state index in [1.165, 1.54) is 59.3 Å². The van der Waals surface area contributed by atoms with Gasteiger partial charge in [-0.05, 0) is 47.9 Å². The first-order valence-corrected chi connectivity index (χ1v) is 11.5. The summed E-state index contributed by atoms with van der Waals surface area (Å²) in [5, 5.41) is 0. The molecule has 2 aromatic carbocycles. The molecule has 32 heavy (non-hydrogen) atoms. The van der Waals surface area contributed by atoms with Crippen molar-refractivity contribution in [3.05, 3.63) is 77.4 Å². The predicted molar refractivity (Wildman–Crippen MR) is 123 cm³/mol. The van der Waals surface area contributed by atoms with Gasteiger partial charge < -0.3 is 24.8 Å². The molecule has 180 valence electrons. The van der Waals surface area contributed by atoms with Crippen molar-refractivity contribution in [2.75, 3.05) is 0 Å². The van der Waals surface area contributed by atoms with Gasteiger partial charge in [0.1, 0.15) is 23.8 Å². The number of imidazole rings is 1. The number of aryl methyl sites for hydroxylation is 4. The molecule has 0 spiro atoms. The smallest absolute Gasteiger partial charge is 1.00 e. The van der Waals surface area contributed by atoms with E-state index in [1.54, 1.807) is 0 Å². The maximum atomic E-state index is 2.36. The molecule has 0 saturated heterocycles. The fourth-order valence-electron chi connectivity index (χ4n) is 4.46. The number of hydrogen-bond acceptors (Lipinski definition) is 0. The fraction of sp³-hybridized carbons (Fsp3) is 0.444. The summed E-state index contributed by atoms with van der Waals surface area (Å²) in [6.07, 6.45) is 16.0. The summed E-state index contributed by atoms with van der Waals surface area (Å²) in [7, 11) is 0. The van der Waals surface area contributed by atoms with E-state index in [4.69, 9.17) is 0 Å². The van der Waals surface area contributed by atoms with E-state index in [2.05, 4.69) is 91.9 Å². The minimum absolute atomic E-state index is 0. The van der Waals surface area contributed by atoms with Crippen molar-refractivity contribution in [2.45, 2.75) is 79.1 Å². The Morgan fingerprint density at radius 2 is 1.06 bits per heavy atom. The minimum atomic E-state index is 0. The molecule has 1 aromatic heterocycles. The second-order valence-electron chi connectivity index (χ2n) is 8.08. The molecular formula is C27H37Cl2CuN2. The first-order valence-electron chi connectivity index (χ1n) is 11.5. The first kappa shape index (κ1) is 30.7. The van der Waals surface area contributed by atoms with Gasteiger partial charge in [-0.15, -0.1) is 0 Å². The number of hydrogen-bond donors (Lipinski definition) is 0. The molecule has 0 amide bonds. The molecule has 1 heterocycles. The third kappa shape index (κ3) is 7.12. The number of halogens is 2. The van der Waals surface area contributed by atoms with Crippen LogP contribution in [0, 0.1) is 0 Å². The summed E-state index contributed by atoms with van der Waals surface area (Å²) in [5.74, 6) is 0. The minimum Gasteiger partial charge on any atom is -1.00 e. The van der Waals surface area contributed by atoms with Gasteiger partial charge in [0.05, 0.1) is 0 Å². The van der Waals surface area contributed by atoms with Gasteiger partial charge in [0.2, 0.25) is 0 Å². The molecule has 0 aliphatic carbocycles. The zero-order valence-corrected chi connectivity index (χ0v) is 22.3. The first-order chi connectivity index (χ1) is 14.2. The van der Waals surface area contributed by atoms with Crippen molar-refractivity contribution in [1.82, 2.24) is 4.57 Å². The van der Waals surface area contributed by atoms with Crippen LogP contribution in [-0.2, 0) is 42.8 Å². The van der Waals surface area contributed by atoms with Gasteiger partial charge in [-0.3, -0.25) is 0 Å². The molecule has 2 nitrogen and oxygen atoms in total. The van der Waals surface area contributed by atoms with Crippen LogP contribution in [0.15, 0.2) is 55.1 Å². The number of benzene rings is 2. The summed E-state index contributed by atoms with van der Waals surface area (Å²) in [6.45, 7) is 9.07. The Balaban J connectivity index is 0.00000320. The Labute approximate surface area is 218 Å². The molecular weight excluding hydrogens is 487 g/mol. The van der Waals surface area contributed by atoms with Gasteiger partial charge in [0, 0.05) is 0 Å². The van der Waals surface area contributed by atoms with Gasteiger partial charge >= 0.3 is 17.1 Å². The summed E-state index contributed by atoms with van der Waals surface area (Å²) in [5.41, 5.74) is 8.60. The van der Waals surface area contributed by atoms with Crippen LogP contribution in [0.25, 0.3) is 11.4 Å². The Bertz CT molecular complexity index is 815. The van der Waals surface area contributed by atoms with Crippen molar-refractivity contribution in [2.24, 2.45) is 0 Å². The molecule has 0 fully saturated rings. The molecule has 5 heteroatoms. The van der Waals surface area contributed by atoms with E-state index in [1.807, 2.05) is 0 Å². The van der Waals surface area contributed by atoms with E-state index in [9.17, 15) is 0 Å². The predicted octanol–water partition coefficient (Wildman–Crippen LogP) is 0.570. The molecule has 0 radical (unpaired) electrons. The maximum Gasteiger partial charge on any atom is 1.00 e. The van der Waals surface area contributed by atoms with E-state index in [0.29, 0.717) is 0 Å². The van der Waals surface area contributed by atoms with E-state index in [-0.39, 0.29) is 41.9 Å². The van der Waals surface area contributed by atoms with Crippen molar-refractivity contribution in [3.8, 4) is 11.4 Å². The van der Waals surface area contributed by atoms with Gasteiger partial charge in [0.15, 0.2) is 0 Å². The summed E-state index contributed by atoms with van der Waals surface area (Å²) in [4.78, 5) is 0. The Morgan fingerprint density at radius 3 is 1.50 bits per heavy atom. The number of aromatic nitrogens is 2. The monoisotopic (exact) mass is 522 g/mol. The summed E-state index contributed by atoms with van der Waals surface area (Å²) < 4.78 is 4.71. The topological polar surface area (TPSA) is 8.81 Å². The van der Waals surface area contributed by atoms with Gasteiger partial charge in [-0.1, -0.05) is 89.8 Å². The third-order valence-corrected chi connectivity index (χ3v) is 5.64. The van der Waals surface area contributed by atoms with E-state index in [0.717, 1.165) is 25.7 Å². The molecule has 3 rings (SSSR count). The van der Waals surface area contributed by atoms with E-state index >= 15 is 0 Å². The molecule has 0 atom stereocenters. The zero-order chi connectivity index (χ0) is 20.6. The second kappa shape index (κ2) is 15.6. The zero-order valence-electron chi connectivity index (χ0n) is 19.8. The second-order valence-corrected chi connectivity index (χ2v) is 8.08.